The van der Waals surface area contributed by atoms with Crippen molar-refractivity contribution in [2.75, 3.05) is 44.7 Å². The maximum Gasteiger partial charge on any atom is 0.235 e. The average molecular weight is 261 g/mol. The molecule has 0 saturated carbocycles. The SMILES string of the molecule is CN1CCN(C(=O)CS(=O)CC(C)(C)N)CC1. The number of amides is 1. The Labute approximate surface area is 106 Å². The predicted molar refractivity (Wildman–Crippen MR) is 70.2 cm³/mol. The van der Waals surface area contributed by atoms with Crippen LogP contribution < -0.4 is 5.73 Å². The molecule has 1 atom stereocenters. The fourth-order valence-electron chi connectivity index (χ4n) is 1.75. The first-order valence-electron chi connectivity index (χ1n) is 5.88. The van der Waals surface area contributed by atoms with Gasteiger partial charge in [-0.3, -0.25) is 9.00 Å². The molecule has 0 bridgehead atoms. The number of carbonyl (C=O) groups excluding carboxylic acids is 1. The zero-order chi connectivity index (χ0) is 13.1. The van der Waals surface area contributed by atoms with Crippen molar-refractivity contribution >= 4 is 16.7 Å². The van der Waals surface area contributed by atoms with Gasteiger partial charge in [-0.2, -0.15) is 0 Å². The third kappa shape index (κ3) is 5.61. The summed E-state index contributed by atoms with van der Waals surface area (Å²) in [5, 5.41) is 0. The van der Waals surface area contributed by atoms with E-state index in [1.807, 2.05) is 20.9 Å². The van der Waals surface area contributed by atoms with Crippen LogP contribution in [0.4, 0.5) is 0 Å². The van der Waals surface area contributed by atoms with E-state index in [0.717, 1.165) is 26.2 Å². The highest BCUT2D eigenvalue weighted by Crippen LogP contribution is 2.04. The fraction of sp³-hybridized carbons (Fsp3) is 0.909. The van der Waals surface area contributed by atoms with Crippen LogP contribution in [0.2, 0.25) is 0 Å². The smallest absolute Gasteiger partial charge is 0.235 e. The van der Waals surface area contributed by atoms with Crippen LogP contribution in [0, 0.1) is 0 Å². The summed E-state index contributed by atoms with van der Waals surface area (Å²) in [5.41, 5.74) is 5.31. The van der Waals surface area contributed by atoms with Crippen LogP contribution in [0.1, 0.15) is 13.8 Å². The van der Waals surface area contributed by atoms with Crippen molar-refractivity contribution < 1.29 is 9.00 Å². The number of nitrogens with zero attached hydrogens (tertiary/aromatic N) is 2. The predicted octanol–water partition coefficient (Wildman–Crippen LogP) is -0.754. The highest BCUT2D eigenvalue weighted by Gasteiger charge is 2.23. The van der Waals surface area contributed by atoms with E-state index in [4.69, 9.17) is 5.73 Å². The molecule has 100 valence electrons. The van der Waals surface area contributed by atoms with Gasteiger partial charge in [0.1, 0.15) is 5.75 Å². The number of piperazine rings is 1. The monoisotopic (exact) mass is 261 g/mol. The Kier molecular flexibility index (Phi) is 5.09. The van der Waals surface area contributed by atoms with Gasteiger partial charge >= 0.3 is 0 Å². The Morgan fingerprint density at radius 1 is 1.29 bits per heavy atom. The number of hydrogen-bond acceptors (Lipinski definition) is 4. The number of hydrogen-bond donors (Lipinski definition) is 1. The zero-order valence-electron chi connectivity index (χ0n) is 10.9. The molecule has 1 rings (SSSR count). The van der Waals surface area contributed by atoms with Crippen molar-refractivity contribution in [1.82, 2.24) is 9.80 Å². The van der Waals surface area contributed by atoms with Crippen molar-refractivity contribution in [2.45, 2.75) is 19.4 Å². The minimum absolute atomic E-state index is 0.0133. The number of rotatable bonds is 4. The average Bonchev–Trinajstić information content (AvgIpc) is 2.15. The van der Waals surface area contributed by atoms with Gasteiger partial charge in [-0.15, -0.1) is 0 Å². The summed E-state index contributed by atoms with van der Waals surface area (Å²) < 4.78 is 11.7. The van der Waals surface area contributed by atoms with Gasteiger partial charge in [-0.25, -0.2) is 0 Å². The van der Waals surface area contributed by atoms with Crippen molar-refractivity contribution in [2.24, 2.45) is 5.73 Å². The molecule has 2 N–H and O–H groups in total. The molecular weight excluding hydrogens is 238 g/mol. The normalized spacial score (nSPS) is 20.4. The summed E-state index contributed by atoms with van der Waals surface area (Å²) in [6, 6.07) is 0. The van der Waals surface area contributed by atoms with Crippen LogP contribution in [-0.2, 0) is 15.6 Å². The van der Waals surface area contributed by atoms with Gasteiger partial charge < -0.3 is 15.5 Å². The van der Waals surface area contributed by atoms with Crippen molar-refractivity contribution in [1.29, 1.82) is 0 Å². The molecule has 1 fully saturated rings. The van der Waals surface area contributed by atoms with Gasteiger partial charge in [-0.05, 0) is 20.9 Å². The highest BCUT2D eigenvalue weighted by molar-refractivity contribution is 7.85. The number of nitrogens with two attached hydrogens (primary N) is 1. The van der Waals surface area contributed by atoms with Crippen LogP contribution in [0.15, 0.2) is 0 Å². The fourth-order valence-corrected chi connectivity index (χ4v) is 3.14. The summed E-state index contributed by atoms with van der Waals surface area (Å²) in [4.78, 5) is 15.9. The molecular formula is C11H23N3O2S. The lowest BCUT2D eigenvalue weighted by Crippen LogP contribution is -2.49. The quantitative estimate of drug-likeness (QED) is 0.723. The van der Waals surface area contributed by atoms with Crippen LogP contribution in [0.3, 0.4) is 0 Å². The van der Waals surface area contributed by atoms with Crippen molar-refractivity contribution in [3.63, 3.8) is 0 Å². The molecule has 0 spiro atoms. The van der Waals surface area contributed by atoms with E-state index in [1.54, 1.807) is 4.90 Å². The second-order valence-electron chi connectivity index (χ2n) is 5.40. The van der Waals surface area contributed by atoms with Crippen LogP contribution in [0.25, 0.3) is 0 Å². The molecule has 1 aliphatic rings. The van der Waals surface area contributed by atoms with E-state index in [2.05, 4.69) is 4.90 Å². The topological polar surface area (TPSA) is 66.6 Å². The summed E-state index contributed by atoms with van der Waals surface area (Å²) in [7, 11) is 0.879. The lowest BCUT2D eigenvalue weighted by molar-refractivity contribution is -0.129. The second kappa shape index (κ2) is 5.93. The molecule has 0 radical (unpaired) electrons. The van der Waals surface area contributed by atoms with Crippen LogP contribution in [-0.4, -0.2) is 70.2 Å². The zero-order valence-corrected chi connectivity index (χ0v) is 11.8. The second-order valence-corrected chi connectivity index (χ2v) is 6.86. The minimum Gasteiger partial charge on any atom is -0.339 e. The van der Waals surface area contributed by atoms with Crippen molar-refractivity contribution in [3.05, 3.63) is 0 Å². The van der Waals surface area contributed by atoms with E-state index in [9.17, 15) is 9.00 Å². The molecule has 17 heavy (non-hydrogen) atoms. The molecule has 1 aliphatic heterocycles. The molecule has 0 aromatic heterocycles. The Bertz CT molecular complexity index is 294. The largest absolute Gasteiger partial charge is 0.339 e. The standard InChI is InChI=1S/C11H23N3O2S/c1-11(2,12)9-17(16)8-10(15)14-6-4-13(3)5-7-14/h4-9,12H2,1-3H3. The Hall–Kier alpha value is -0.460. The lowest BCUT2D eigenvalue weighted by atomic mass is 10.1. The van der Waals surface area contributed by atoms with Gasteiger partial charge in [0.25, 0.3) is 0 Å². The molecule has 0 aromatic carbocycles. The third-order valence-electron chi connectivity index (χ3n) is 2.67. The summed E-state index contributed by atoms with van der Waals surface area (Å²) in [5.74, 6) is 0.456. The molecule has 5 nitrogen and oxygen atoms in total. The first-order valence-corrected chi connectivity index (χ1v) is 7.37. The molecule has 1 saturated heterocycles. The molecule has 0 aliphatic carbocycles. The molecule has 1 heterocycles. The summed E-state index contributed by atoms with van der Waals surface area (Å²) in [6.07, 6.45) is 0. The van der Waals surface area contributed by atoms with Gasteiger partial charge in [0, 0.05) is 48.3 Å². The van der Waals surface area contributed by atoms with Gasteiger partial charge in [-0.1, -0.05) is 0 Å². The third-order valence-corrected chi connectivity index (χ3v) is 4.31. The summed E-state index contributed by atoms with van der Waals surface area (Å²) in [6.45, 7) is 6.90. The van der Waals surface area contributed by atoms with E-state index in [-0.39, 0.29) is 11.7 Å². The van der Waals surface area contributed by atoms with Gasteiger partial charge in [0.05, 0.1) is 0 Å². The van der Waals surface area contributed by atoms with E-state index in [1.165, 1.54) is 0 Å². The minimum atomic E-state index is -1.16. The van der Waals surface area contributed by atoms with Crippen molar-refractivity contribution in [3.8, 4) is 0 Å². The molecule has 1 unspecified atom stereocenters. The Morgan fingerprint density at radius 3 is 2.29 bits per heavy atom. The first-order chi connectivity index (χ1) is 7.78. The Balaban J connectivity index is 2.36. The van der Waals surface area contributed by atoms with Gasteiger partial charge in [0.2, 0.25) is 5.91 Å². The van der Waals surface area contributed by atoms with E-state index < -0.39 is 16.3 Å². The lowest BCUT2D eigenvalue weighted by Gasteiger charge is -2.32. The first kappa shape index (κ1) is 14.6. The number of carbonyl (C=O) groups is 1. The molecule has 1 amide bonds. The summed E-state index contributed by atoms with van der Waals surface area (Å²) >= 11 is 0. The molecule has 0 aromatic rings. The number of likely N-dealkylation sites (N-methyl/N-ethyl adjacent to an activating group) is 1. The molecule has 6 heteroatoms. The van der Waals surface area contributed by atoms with E-state index in [0.29, 0.717) is 5.75 Å². The Morgan fingerprint density at radius 2 is 1.82 bits per heavy atom. The van der Waals surface area contributed by atoms with Gasteiger partial charge in [0.15, 0.2) is 0 Å². The highest BCUT2D eigenvalue weighted by atomic mass is 32.2. The van der Waals surface area contributed by atoms with Crippen LogP contribution in [0.5, 0.6) is 0 Å². The maximum absolute atomic E-state index is 11.9. The maximum atomic E-state index is 11.9. The van der Waals surface area contributed by atoms with E-state index >= 15 is 0 Å². The van der Waals surface area contributed by atoms with Crippen LogP contribution >= 0.6 is 0 Å².